The highest BCUT2D eigenvalue weighted by molar-refractivity contribution is 5.94. The summed E-state index contributed by atoms with van der Waals surface area (Å²) in [6.07, 6.45) is 3.03. The molecule has 1 amide bonds. The highest BCUT2D eigenvalue weighted by Crippen LogP contribution is 2.25. The summed E-state index contributed by atoms with van der Waals surface area (Å²) < 4.78 is 33.5. The molecule has 0 saturated carbocycles. The minimum Gasteiger partial charge on any atom is -0.338 e. The second-order valence-corrected chi connectivity index (χ2v) is 6.41. The molecule has 1 aliphatic heterocycles. The zero-order valence-corrected chi connectivity index (χ0v) is 14.5. The van der Waals surface area contributed by atoms with Gasteiger partial charge in [-0.1, -0.05) is 10.4 Å². The van der Waals surface area contributed by atoms with Gasteiger partial charge in [-0.05, 0) is 31.9 Å². The van der Waals surface area contributed by atoms with Gasteiger partial charge in [0.1, 0.15) is 11.6 Å². The van der Waals surface area contributed by atoms with Crippen LogP contribution in [0.25, 0.3) is 11.6 Å². The molecule has 1 aliphatic rings. The van der Waals surface area contributed by atoms with E-state index in [2.05, 4.69) is 20.5 Å². The smallest absolute Gasteiger partial charge is 0.280 e. The van der Waals surface area contributed by atoms with Gasteiger partial charge >= 0.3 is 0 Å². The Balaban J connectivity index is 1.41. The first-order valence-electron chi connectivity index (χ1n) is 8.47. The lowest BCUT2D eigenvalue weighted by atomic mass is 10.0. The van der Waals surface area contributed by atoms with E-state index in [-0.39, 0.29) is 17.5 Å². The molecule has 140 valence electrons. The van der Waals surface area contributed by atoms with Crippen molar-refractivity contribution < 1.29 is 18.1 Å². The first-order chi connectivity index (χ1) is 13.0. The van der Waals surface area contributed by atoms with Crippen LogP contribution < -0.4 is 0 Å². The van der Waals surface area contributed by atoms with Crippen molar-refractivity contribution in [2.45, 2.75) is 25.8 Å². The van der Waals surface area contributed by atoms with Gasteiger partial charge in [-0.25, -0.2) is 13.5 Å². The number of carbonyl (C=O) groups excluding carboxylic acids is 1. The molecule has 1 saturated heterocycles. The van der Waals surface area contributed by atoms with E-state index in [1.165, 1.54) is 0 Å². The van der Waals surface area contributed by atoms with Crippen molar-refractivity contribution in [3.8, 4) is 11.6 Å². The van der Waals surface area contributed by atoms with Crippen LogP contribution in [0.2, 0.25) is 0 Å². The van der Waals surface area contributed by atoms with Crippen molar-refractivity contribution in [3.05, 3.63) is 47.4 Å². The van der Waals surface area contributed by atoms with Crippen LogP contribution >= 0.6 is 0 Å². The minimum atomic E-state index is -0.764. The summed E-state index contributed by atoms with van der Waals surface area (Å²) in [4.78, 5) is 18.2. The van der Waals surface area contributed by atoms with Crippen LogP contribution in [-0.4, -0.2) is 49.0 Å². The lowest BCUT2D eigenvalue weighted by Gasteiger charge is -2.31. The SMILES string of the molecule is Cc1noc(-c2cn(C3CCN(C(=O)c4cc(F)cc(F)c4)CC3)nn2)n1. The fourth-order valence-electron chi connectivity index (χ4n) is 3.15. The minimum absolute atomic E-state index is 0.0146. The van der Waals surface area contributed by atoms with Crippen LogP contribution in [0, 0.1) is 18.6 Å². The van der Waals surface area contributed by atoms with Gasteiger partial charge in [0, 0.05) is 24.7 Å². The Morgan fingerprint density at radius 1 is 1.19 bits per heavy atom. The number of nitrogens with zero attached hydrogens (tertiary/aromatic N) is 6. The van der Waals surface area contributed by atoms with E-state index >= 15 is 0 Å². The highest BCUT2D eigenvalue weighted by atomic mass is 19.1. The van der Waals surface area contributed by atoms with Crippen LogP contribution in [0.4, 0.5) is 8.78 Å². The molecule has 1 aromatic carbocycles. The van der Waals surface area contributed by atoms with Gasteiger partial charge < -0.3 is 9.42 Å². The maximum Gasteiger partial charge on any atom is 0.280 e. The fourth-order valence-corrected chi connectivity index (χ4v) is 3.15. The molecular formula is C17H16F2N6O2. The van der Waals surface area contributed by atoms with E-state index in [9.17, 15) is 13.6 Å². The summed E-state index contributed by atoms with van der Waals surface area (Å²) in [6.45, 7) is 2.63. The summed E-state index contributed by atoms with van der Waals surface area (Å²) >= 11 is 0. The normalized spacial score (nSPS) is 15.3. The van der Waals surface area contributed by atoms with Gasteiger partial charge in [0.25, 0.3) is 11.8 Å². The van der Waals surface area contributed by atoms with E-state index < -0.39 is 11.6 Å². The summed E-state index contributed by atoms with van der Waals surface area (Å²) in [6, 6.07) is 2.90. The molecule has 0 bridgehead atoms. The van der Waals surface area contributed by atoms with Crippen LogP contribution in [-0.2, 0) is 0 Å². The molecule has 0 unspecified atom stereocenters. The van der Waals surface area contributed by atoms with E-state index in [0.717, 1.165) is 18.2 Å². The number of benzene rings is 1. The van der Waals surface area contributed by atoms with Gasteiger partial charge in [0.2, 0.25) is 0 Å². The molecule has 1 fully saturated rings. The van der Waals surface area contributed by atoms with Gasteiger partial charge in [-0.2, -0.15) is 4.98 Å². The largest absolute Gasteiger partial charge is 0.338 e. The monoisotopic (exact) mass is 374 g/mol. The first-order valence-corrected chi connectivity index (χ1v) is 8.47. The van der Waals surface area contributed by atoms with Gasteiger partial charge in [0.15, 0.2) is 11.5 Å². The van der Waals surface area contributed by atoms with Gasteiger partial charge in [-0.3, -0.25) is 4.79 Å². The number of aromatic nitrogens is 5. The molecular weight excluding hydrogens is 358 g/mol. The Labute approximate surface area is 152 Å². The molecule has 8 nitrogen and oxygen atoms in total. The Hall–Kier alpha value is -3.17. The zero-order valence-electron chi connectivity index (χ0n) is 14.5. The quantitative estimate of drug-likeness (QED) is 0.699. The Kier molecular flexibility index (Phi) is 4.38. The lowest BCUT2D eigenvalue weighted by Crippen LogP contribution is -2.39. The number of carbonyl (C=O) groups is 1. The van der Waals surface area contributed by atoms with E-state index in [1.54, 1.807) is 22.7 Å². The summed E-state index contributed by atoms with van der Waals surface area (Å²) in [5, 5.41) is 11.9. The topological polar surface area (TPSA) is 89.9 Å². The fraction of sp³-hybridized carbons (Fsp3) is 0.353. The second-order valence-electron chi connectivity index (χ2n) is 6.41. The van der Waals surface area contributed by atoms with E-state index in [4.69, 9.17) is 4.52 Å². The molecule has 0 spiro atoms. The predicted octanol–water partition coefficient (Wildman–Crippen LogP) is 2.39. The molecule has 0 atom stereocenters. The number of halogens is 2. The van der Waals surface area contributed by atoms with Gasteiger partial charge in [0.05, 0.1) is 12.2 Å². The van der Waals surface area contributed by atoms with Crippen molar-refractivity contribution in [2.24, 2.45) is 0 Å². The molecule has 0 radical (unpaired) electrons. The molecule has 3 heterocycles. The number of aryl methyl sites for hydroxylation is 1. The standard InChI is InChI=1S/C17H16F2N6O2/c1-10-20-16(27-22-10)15-9-25(23-21-15)14-2-4-24(5-3-14)17(26)11-6-12(18)8-13(19)7-11/h6-9,14H,2-5H2,1H3. The molecule has 3 aromatic rings. The number of amides is 1. The average molecular weight is 374 g/mol. The van der Waals surface area contributed by atoms with Crippen molar-refractivity contribution in [3.63, 3.8) is 0 Å². The molecule has 2 aromatic heterocycles. The molecule has 0 N–H and O–H groups in total. The maximum absolute atomic E-state index is 13.3. The van der Waals surface area contributed by atoms with Crippen molar-refractivity contribution >= 4 is 5.91 Å². The number of piperidine rings is 1. The molecule has 27 heavy (non-hydrogen) atoms. The number of rotatable bonds is 3. The summed E-state index contributed by atoms with van der Waals surface area (Å²) in [5.41, 5.74) is 0.505. The number of hydrogen-bond donors (Lipinski definition) is 0. The van der Waals surface area contributed by atoms with Crippen LogP contribution in [0.1, 0.15) is 35.1 Å². The van der Waals surface area contributed by atoms with Crippen molar-refractivity contribution in [1.82, 2.24) is 30.0 Å². The Bertz CT molecular complexity index is 957. The number of hydrogen-bond acceptors (Lipinski definition) is 6. The van der Waals surface area contributed by atoms with E-state index in [0.29, 0.717) is 43.3 Å². The molecule has 10 heteroatoms. The molecule has 0 aliphatic carbocycles. The van der Waals surface area contributed by atoms with Crippen LogP contribution in [0.15, 0.2) is 28.9 Å². The maximum atomic E-state index is 13.3. The van der Waals surface area contributed by atoms with Crippen molar-refractivity contribution in [1.29, 1.82) is 0 Å². The third-order valence-corrected chi connectivity index (χ3v) is 4.49. The third kappa shape index (κ3) is 3.55. The zero-order chi connectivity index (χ0) is 19.0. The summed E-state index contributed by atoms with van der Waals surface area (Å²) in [5.74, 6) is -1.09. The predicted molar refractivity (Wildman–Crippen MR) is 88.6 cm³/mol. The Morgan fingerprint density at radius 2 is 1.89 bits per heavy atom. The average Bonchev–Trinajstić information content (AvgIpc) is 3.29. The first kappa shape index (κ1) is 17.3. The van der Waals surface area contributed by atoms with Crippen LogP contribution in [0.3, 0.4) is 0 Å². The number of likely N-dealkylation sites (tertiary alicyclic amines) is 1. The Morgan fingerprint density at radius 3 is 2.52 bits per heavy atom. The van der Waals surface area contributed by atoms with Gasteiger partial charge in [-0.15, -0.1) is 5.10 Å². The van der Waals surface area contributed by atoms with E-state index in [1.807, 2.05) is 0 Å². The lowest BCUT2D eigenvalue weighted by molar-refractivity contribution is 0.0688. The van der Waals surface area contributed by atoms with Crippen LogP contribution in [0.5, 0.6) is 0 Å². The summed E-state index contributed by atoms with van der Waals surface area (Å²) in [7, 11) is 0. The molecule has 4 rings (SSSR count). The third-order valence-electron chi connectivity index (χ3n) is 4.49. The highest BCUT2D eigenvalue weighted by Gasteiger charge is 2.26. The second kappa shape index (κ2) is 6.86. The van der Waals surface area contributed by atoms with Crippen molar-refractivity contribution in [2.75, 3.05) is 13.1 Å².